The fourth-order valence-electron chi connectivity index (χ4n) is 1.95. The molecule has 4 heteroatoms. The lowest BCUT2D eigenvalue weighted by Crippen LogP contribution is -2.36. The smallest absolute Gasteiger partial charge is 0.314 e. The number of hydrogen-bond donors (Lipinski definition) is 2. The molecule has 2 amide bonds. The molecule has 0 atom stereocenters. The summed E-state index contributed by atoms with van der Waals surface area (Å²) in [5.74, 6) is 0.912. The lowest BCUT2D eigenvalue weighted by atomic mass is 10.0. The molecule has 1 aromatic carbocycles. The highest BCUT2D eigenvalue weighted by atomic mass is 16.5. The summed E-state index contributed by atoms with van der Waals surface area (Å²) in [4.78, 5) is 11.4. The normalized spacial score (nSPS) is 10.1. The number of benzene rings is 1. The molecule has 19 heavy (non-hydrogen) atoms. The van der Waals surface area contributed by atoms with Gasteiger partial charge in [-0.3, -0.25) is 0 Å². The lowest BCUT2D eigenvalue weighted by Gasteiger charge is -2.12. The molecule has 0 saturated carbocycles. The molecule has 4 nitrogen and oxygen atoms in total. The van der Waals surface area contributed by atoms with Crippen molar-refractivity contribution in [3.63, 3.8) is 0 Å². The van der Waals surface area contributed by atoms with E-state index in [1.807, 2.05) is 19.9 Å². The van der Waals surface area contributed by atoms with E-state index in [1.165, 1.54) is 11.1 Å². The number of methoxy groups -OCH3 is 1. The number of nitrogens with one attached hydrogen (secondary N) is 2. The van der Waals surface area contributed by atoms with Crippen LogP contribution in [0.3, 0.4) is 0 Å². The SMILES string of the molecule is CCCNC(=O)NCCc1cc(C)c(OC)cc1C. The van der Waals surface area contributed by atoms with Crippen LogP contribution in [0.25, 0.3) is 0 Å². The van der Waals surface area contributed by atoms with E-state index in [4.69, 9.17) is 4.74 Å². The van der Waals surface area contributed by atoms with E-state index in [0.29, 0.717) is 13.1 Å². The van der Waals surface area contributed by atoms with Crippen LogP contribution in [0.5, 0.6) is 5.75 Å². The number of hydrogen-bond acceptors (Lipinski definition) is 2. The zero-order chi connectivity index (χ0) is 14.3. The molecule has 1 rings (SSSR count). The number of carbonyl (C=O) groups excluding carboxylic acids is 1. The van der Waals surface area contributed by atoms with E-state index in [-0.39, 0.29) is 6.03 Å². The summed E-state index contributed by atoms with van der Waals surface area (Å²) in [5.41, 5.74) is 3.56. The van der Waals surface area contributed by atoms with Gasteiger partial charge in [0.2, 0.25) is 0 Å². The Balaban J connectivity index is 2.49. The number of rotatable bonds is 6. The Hall–Kier alpha value is -1.71. The summed E-state index contributed by atoms with van der Waals surface area (Å²) in [5, 5.41) is 5.65. The molecular weight excluding hydrogens is 240 g/mol. The van der Waals surface area contributed by atoms with Crippen LogP contribution in [0.2, 0.25) is 0 Å². The average molecular weight is 264 g/mol. The predicted octanol–water partition coefficient (Wildman–Crippen LogP) is 2.56. The zero-order valence-electron chi connectivity index (χ0n) is 12.3. The zero-order valence-corrected chi connectivity index (χ0v) is 12.3. The van der Waals surface area contributed by atoms with Gasteiger partial charge in [-0.15, -0.1) is 0 Å². The maximum Gasteiger partial charge on any atom is 0.314 e. The molecule has 0 spiro atoms. The fraction of sp³-hybridized carbons (Fsp3) is 0.533. The summed E-state index contributed by atoms with van der Waals surface area (Å²) in [6, 6.07) is 4.08. The van der Waals surface area contributed by atoms with Crippen molar-refractivity contribution in [3.8, 4) is 5.75 Å². The van der Waals surface area contributed by atoms with Crippen LogP contribution < -0.4 is 15.4 Å². The summed E-state index contributed by atoms with van der Waals surface area (Å²) in [6.45, 7) is 7.48. The molecule has 0 saturated heterocycles. The molecule has 2 N–H and O–H groups in total. The van der Waals surface area contributed by atoms with Crippen molar-refractivity contribution in [3.05, 3.63) is 28.8 Å². The highest BCUT2D eigenvalue weighted by Crippen LogP contribution is 2.22. The Kier molecular flexibility index (Phi) is 6.19. The van der Waals surface area contributed by atoms with Gasteiger partial charge in [-0.2, -0.15) is 0 Å². The van der Waals surface area contributed by atoms with Crippen molar-refractivity contribution in [2.75, 3.05) is 20.2 Å². The Morgan fingerprint density at radius 1 is 1.16 bits per heavy atom. The number of amides is 2. The summed E-state index contributed by atoms with van der Waals surface area (Å²) in [7, 11) is 1.68. The van der Waals surface area contributed by atoms with Crippen LogP contribution in [0, 0.1) is 13.8 Å². The number of carbonyl (C=O) groups is 1. The third-order valence-corrected chi connectivity index (χ3v) is 3.07. The summed E-state index contributed by atoms with van der Waals surface area (Å²) < 4.78 is 5.29. The minimum Gasteiger partial charge on any atom is -0.496 e. The highest BCUT2D eigenvalue weighted by molar-refractivity contribution is 5.73. The van der Waals surface area contributed by atoms with Crippen LogP contribution in [0.1, 0.15) is 30.0 Å². The van der Waals surface area contributed by atoms with Crippen LogP contribution in [-0.4, -0.2) is 26.2 Å². The molecule has 0 heterocycles. The van der Waals surface area contributed by atoms with Gasteiger partial charge in [0.1, 0.15) is 5.75 Å². The van der Waals surface area contributed by atoms with Crippen LogP contribution in [-0.2, 0) is 6.42 Å². The fourth-order valence-corrected chi connectivity index (χ4v) is 1.95. The first kappa shape index (κ1) is 15.3. The molecule has 0 fully saturated rings. The minimum absolute atomic E-state index is 0.0928. The van der Waals surface area contributed by atoms with E-state index in [2.05, 4.69) is 23.6 Å². The molecule has 0 aliphatic heterocycles. The van der Waals surface area contributed by atoms with E-state index in [0.717, 1.165) is 24.2 Å². The molecule has 0 radical (unpaired) electrons. The number of aryl methyl sites for hydroxylation is 2. The van der Waals surface area contributed by atoms with Gasteiger partial charge in [0.25, 0.3) is 0 Å². The van der Waals surface area contributed by atoms with Crippen molar-refractivity contribution in [1.29, 1.82) is 0 Å². The van der Waals surface area contributed by atoms with Gasteiger partial charge in [0.05, 0.1) is 7.11 Å². The first-order valence-electron chi connectivity index (χ1n) is 6.74. The molecule has 106 valence electrons. The van der Waals surface area contributed by atoms with Crippen LogP contribution in [0.15, 0.2) is 12.1 Å². The molecule has 0 aliphatic rings. The van der Waals surface area contributed by atoms with E-state index >= 15 is 0 Å². The van der Waals surface area contributed by atoms with Gasteiger partial charge >= 0.3 is 6.03 Å². The van der Waals surface area contributed by atoms with Gasteiger partial charge in [0.15, 0.2) is 0 Å². The highest BCUT2D eigenvalue weighted by Gasteiger charge is 2.05. The third-order valence-electron chi connectivity index (χ3n) is 3.07. The Morgan fingerprint density at radius 3 is 2.47 bits per heavy atom. The average Bonchev–Trinajstić information content (AvgIpc) is 2.39. The second-order valence-electron chi connectivity index (χ2n) is 4.68. The monoisotopic (exact) mass is 264 g/mol. The quantitative estimate of drug-likeness (QED) is 0.829. The third kappa shape index (κ3) is 4.81. The molecule has 0 unspecified atom stereocenters. The van der Waals surface area contributed by atoms with Gasteiger partial charge < -0.3 is 15.4 Å². The molecule has 0 bridgehead atoms. The van der Waals surface area contributed by atoms with Crippen molar-refractivity contribution >= 4 is 6.03 Å². The minimum atomic E-state index is -0.0928. The van der Waals surface area contributed by atoms with Gasteiger partial charge in [-0.25, -0.2) is 4.79 Å². The van der Waals surface area contributed by atoms with Crippen molar-refractivity contribution in [2.24, 2.45) is 0 Å². The molecular formula is C15H24N2O2. The first-order valence-corrected chi connectivity index (χ1v) is 6.74. The summed E-state index contributed by atoms with van der Waals surface area (Å²) >= 11 is 0. The largest absolute Gasteiger partial charge is 0.496 e. The van der Waals surface area contributed by atoms with Crippen LogP contribution in [0.4, 0.5) is 4.79 Å². The van der Waals surface area contributed by atoms with Gasteiger partial charge in [0, 0.05) is 13.1 Å². The van der Waals surface area contributed by atoms with E-state index in [1.54, 1.807) is 7.11 Å². The number of ether oxygens (including phenoxy) is 1. The second kappa shape index (κ2) is 7.67. The Morgan fingerprint density at radius 2 is 1.84 bits per heavy atom. The van der Waals surface area contributed by atoms with Crippen molar-refractivity contribution < 1.29 is 9.53 Å². The topological polar surface area (TPSA) is 50.4 Å². The van der Waals surface area contributed by atoms with Gasteiger partial charge in [-0.05, 0) is 49.4 Å². The molecule has 1 aromatic rings. The van der Waals surface area contributed by atoms with Crippen LogP contribution >= 0.6 is 0 Å². The maximum atomic E-state index is 11.4. The first-order chi connectivity index (χ1) is 9.08. The van der Waals surface area contributed by atoms with Crippen molar-refractivity contribution in [2.45, 2.75) is 33.6 Å². The second-order valence-corrected chi connectivity index (χ2v) is 4.68. The standard InChI is InChI=1S/C15H24N2O2/c1-5-7-16-15(18)17-8-6-13-9-12(3)14(19-4)10-11(13)2/h9-10H,5-8H2,1-4H3,(H2,16,17,18). The maximum absolute atomic E-state index is 11.4. The van der Waals surface area contributed by atoms with Gasteiger partial charge in [-0.1, -0.05) is 13.0 Å². The van der Waals surface area contributed by atoms with E-state index in [9.17, 15) is 4.79 Å². The summed E-state index contributed by atoms with van der Waals surface area (Å²) in [6.07, 6.45) is 1.78. The van der Waals surface area contributed by atoms with Crippen molar-refractivity contribution in [1.82, 2.24) is 10.6 Å². The molecule has 0 aliphatic carbocycles. The lowest BCUT2D eigenvalue weighted by molar-refractivity contribution is 0.241. The number of urea groups is 1. The van der Waals surface area contributed by atoms with E-state index < -0.39 is 0 Å². The Labute approximate surface area is 115 Å². The predicted molar refractivity (Wildman–Crippen MR) is 77.9 cm³/mol. The Bertz CT molecular complexity index is 430. The molecule has 0 aromatic heterocycles.